The van der Waals surface area contributed by atoms with E-state index in [9.17, 15) is 13.6 Å². The lowest BCUT2D eigenvalue weighted by Gasteiger charge is -2.35. The quantitative estimate of drug-likeness (QED) is 0.421. The second-order valence-corrected chi connectivity index (χ2v) is 9.68. The topological polar surface area (TPSA) is 82.8 Å². The van der Waals surface area contributed by atoms with Crippen molar-refractivity contribution in [1.29, 1.82) is 0 Å². The molecule has 188 valence electrons. The molecule has 1 aliphatic carbocycles. The minimum absolute atomic E-state index is 0.0671. The standard InChI is InChI=1S/C27H35F2N5O/c1-18-17-34(14-13-31-18)27(32-21-5-3-2-4-6-21)33-22-10-7-19(8-11-22)24(16-26(30)35)23-12-9-20(28)15-25(23)29/h7-12,15,18,21,24,31H,2-6,13-14,16-17H2,1H3,(H2,30,35)(H,32,33)/t18-,24?/m0/s1. The zero-order valence-corrected chi connectivity index (χ0v) is 20.3. The van der Waals surface area contributed by atoms with Gasteiger partial charge in [0, 0.05) is 49.8 Å². The average molecular weight is 484 g/mol. The summed E-state index contributed by atoms with van der Waals surface area (Å²) in [6, 6.07) is 11.7. The molecule has 35 heavy (non-hydrogen) atoms. The lowest BCUT2D eigenvalue weighted by molar-refractivity contribution is -0.118. The number of rotatable bonds is 6. The van der Waals surface area contributed by atoms with E-state index in [4.69, 9.17) is 10.7 Å². The number of carbonyl (C=O) groups excluding carboxylic acids is 1. The number of nitrogens with two attached hydrogens (primary N) is 1. The second-order valence-electron chi connectivity index (χ2n) is 9.68. The number of piperazine rings is 1. The number of benzene rings is 2. The van der Waals surface area contributed by atoms with Crippen LogP contribution in [0.1, 0.15) is 62.5 Å². The third-order valence-electron chi connectivity index (χ3n) is 6.86. The van der Waals surface area contributed by atoms with Crippen LogP contribution in [0, 0.1) is 11.6 Å². The van der Waals surface area contributed by atoms with Crippen molar-refractivity contribution in [2.24, 2.45) is 10.7 Å². The van der Waals surface area contributed by atoms with Gasteiger partial charge in [-0.3, -0.25) is 4.79 Å². The molecule has 8 heteroatoms. The highest BCUT2D eigenvalue weighted by molar-refractivity contribution is 5.94. The molecule has 0 aromatic heterocycles. The van der Waals surface area contributed by atoms with Gasteiger partial charge < -0.3 is 21.3 Å². The summed E-state index contributed by atoms with van der Waals surface area (Å²) >= 11 is 0. The van der Waals surface area contributed by atoms with Crippen LogP contribution in [-0.2, 0) is 4.79 Å². The lowest BCUT2D eigenvalue weighted by Crippen LogP contribution is -2.53. The fraction of sp³-hybridized carbons (Fsp3) is 0.481. The first-order valence-corrected chi connectivity index (χ1v) is 12.6. The third kappa shape index (κ3) is 6.78. The van der Waals surface area contributed by atoms with Crippen LogP contribution in [0.2, 0.25) is 0 Å². The molecule has 6 nitrogen and oxygen atoms in total. The highest BCUT2D eigenvalue weighted by atomic mass is 19.1. The summed E-state index contributed by atoms with van der Waals surface area (Å²) in [5.41, 5.74) is 7.31. The van der Waals surface area contributed by atoms with Crippen LogP contribution in [0.4, 0.5) is 14.5 Å². The molecular weight excluding hydrogens is 448 g/mol. The Morgan fingerprint density at radius 2 is 1.91 bits per heavy atom. The van der Waals surface area contributed by atoms with E-state index in [0.29, 0.717) is 12.1 Å². The van der Waals surface area contributed by atoms with E-state index in [1.165, 1.54) is 31.4 Å². The Kier molecular flexibility index (Phi) is 8.33. The highest BCUT2D eigenvalue weighted by Gasteiger charge is 2.23. The highest BCUT2D eigenvalue weighted by Crippen LogP contribution is 2.31. The number of nitrogens with one attached hydrogen (secondary N) is 2. The molecule has 0 bridgehead atoms. The monoisotopic (exact) mass is 483 g/mol. The molecule has 2 aromatic rings. The van der Waals surface area contributed by atoms with Crippen LogP contribution in [0.3, 0.4) is 0 Å². The molecule has 1 heterocycles. The van der Waals surface area contributed by atoms with Gasteiger partial charge in [0.25, 0.3) is 0 Å². The summed E-state index contributed by atoms with van der Waals surface area (Å²) in [4.78, 5) is 19.1. The number of nitrogens with zero attached hydrogens (tertiary/aromatic N) is 2. The molecule has 4 rings (SSSR count). The fourth-order valence-electron chi connectivity index (χ4n) is 5.02. The van der Waals surface area contributed by atoms with Gasteiger partial charge in [-0.2, -0.15) is 0 Å². The molecule has 1 aliphatic heterocycles. The van der Waals surface area contributed by atoms with Crippen LogP contribution in [0.25, 0.3) is 0 Å². The molecule has 1 unspecified atom stereocenters. The maximum absolute atomic E-state index is 14.5. The Balaban J connectivity index is 1.56. The van der Waals surface area contributed by atoms with Gasteiger partial charge >= 0.3 is 0 Å². The van der Waals surface area contributed by atoms with Crippen LogP contribution in [0.5, 0.6) is 0 Å². The van der Waals surface area contributed by atoms with E-state index in [1.54, 1.807) is 0 Å². The van der Waals surface area contributed by atoms with Gasteiger partial charge in [-0.15, -0.1) is 0 Å². The first-order chi connectivity index (χ1) is 16.9. The first kappa shape index (κ1) is 25.1. The zero-order chi connectivity index (χ0) is 24.8. The number of hydrogen-bond donors (Lipinski definition) is 3. The number of anilines is 1. The molecule has 4 N–H and O–H groups in total. The molecule has 1 amide bonds. The van der Waals surface area contributed by atoms with E-state index in [2.05, 4.69) is 22.5 Å². The number of aliphatic imine (C=N–C) groups is 1. The SMILES string of the molecule is C[C@H]1CN(C(=NC2CCCCC2)Nc2ccc(C(CC(N)=O)c3ccc(F)cc3F)cc2)CCN1. The van der Waals surface area contributed by atoms with Gasteiger partial charge in [0.05, 0.1) is 6.04 Å². The van der Waals surface area contributed by atoms with E-state index < -0.39 is 23.5 Å². The number of primary amides is 1. The molecule has 0 radical (unpaired) electrons. The Bertz CT molecular complexity index is 1040. The third-order valence-corrected chi connectivity index (χ3v) is 6.86. The van der Waals surface area contributed by atoms with Crippen molar-refractivity contribution in [2.75, 3.05) is 25.0 Å². The van der Waals surface area contributed by atoms with Crippen LogP contribution < -0.4 is 16.4 Å². The Morgan fingerprint density at radius 3 is 2.57 bits per heavy atom. The number of hydrogen-bond acceptors (Lipinski definition) is 3. The minimum Gasteiger partial charge on any atom is -0.370 e. The van der Waals surface area contributed by atoms with Gasteiger partial charge in [0.1, 0.15) is 11.6 Å². The van der Waals surface area contributed by atoms with Crippen molar-refractivity contribution >= 4 is 17.6 Å². The number of amides is 1. The maximum Gasteiger partial charge on any atom is 0.218 e. The van der Waals surface area contributed by atoms with Gasteiger partial charge in [-0.1, -0.05) is 37.5 Å². The Labute approximate surface area is 206 Å². The normalized spacial score (nSPS) is 20.5. The van der Waals surface area contributed by atoms with Crippen molar-refractivity contribution in [3.8, 4) is 0 Å². The molecule has 1 saturated carbocycles. The largest absolute Gasteiger partial charge is 0.370 e. The zero-order valence-electron chi connectivity index (χ0n) is 20.3. The summed E-state index contributed by atoms with van der Waals surface area (Å²) < 4.78 is 28.0. The predicted octanol–water partition coefficient (Wildman–Crippen LogP) is 4.37. The van der Waals surface area contributed by atoms with Gasteiger partial charge in [-0.25, -0.2) is 13.8 Å². The van der Waals surface area contributed by atoms with Crippen LogP contribution in [-0.4, -0.2) is 48.5 Å². The molecule has 2 aliphatic rings. The first-order valence-electron chi connectivity index (χ1n) is 12.6. The van der Waals surface area contributed by atoms with Gasteiger partial charge in [0.2, 0.25) is 5.91 Å². The lowest BCUT2D eigenvalue weighted by atomic mass is 9.88. The number of guanidine groups is 1. The Morgan fingerprint density at radius 1 is 1.17 bits per heavy atom. The average Bonchev–Trinajstić information content (AvgIpc) is 2.84. The van der Waals surface area contributed by atoms with E-state index in [0.717, 1.165) is 55.8 Å². The fourth-order valence-corrected chi connectivity index (χ4v) is 5.02. The molecule has 2 atom stereocenters. The predicted molar refractivity (Wildman–Crippen MR) is 135 cm³/mol. The van der Waals surface area contributed by atoms with Crippen LogP contribution >= 0.6 is 0 Å². The number of carbonyl (C=O) groups is 1. The van der Waals surface area contributed by atoms with Crippen molar-refractivity contribution in [2.45, 2.75) is 63.5 Å². The number of halogens is 2. The van der Waals surface area contributed by atoms with Crippen molar-refractivity contribution in [3.63, 3.8) is 0 Å². The van der Waals surface area contributed by atoms with E-state index in [1.807, 2.05) is 24.3 Å². The van der Waals surface area contributed by atoms with Crippen molar-refractivity contribution < 1.29 is 13.6 Å². The second kappa shape index (κ2) is 11.6. The molecule has 0 spiro atoms. The summed E-state index contributed by atoms with van der Waals surface area (Å²) in [6.07, 6.45) is 5.88. The molecular formula is C27H35F2N5O. The summed E-state index contributed by atoms with van der Waals surface area (Å²) in [7, 11) is 0. The molecule has 1 saturated heterocycles. The van der Waals surface area contributed by atoms with Gasteiger partial charge in [0.15, 0.2) is 5.96 Å². The van der Waals surface area contributed by atoms with E-state index in [-0.39, 0.29) is 12.0 Å². The van der Waals surface area contributed by atoms with E-state index >= 15 is 0 Å². The van der Waals surface area contributed by atoms with Crippen molar-refractivity contribution in [3.05, 3.63) is 65.2 Å². The smallest absolute Gasteiger partial charge is 0.218 e. The summed E-state index contributed by atoms with van der Waals surface area (Å²) in [5, 5.41) is 6.99. The summed E-state index contributed by atoms with van der Waals surface area (Å²) in [6.45, 7) is 4.84. The van der Waals surface area contributed by atoms with Crippen molar-refractivity contribution in [1.82, 2.24) is 10.2 Å². The van der Waals surface area contributed by atoms with Gasteiger partial charge in [-0.05, 0) is 49.1 Å². The molecule has 2 aromatic carbocycles. The Hall–Kier alpha value is -3.00. The maximum atomic E-state index is 14.5. The summed E-state index contributed by atoms with van der Waals surface area (Å²) in [5.74, 6) is -1.60. The van der Waals surface area contributed by atoms with Crippen LogP contribution in [0.15, 0.2) is 47.5 Å². The minimum atomic E-state index is -0.687. The molecule has 2 fully saturated rings.